The largest absolute Gasteiger partial charge is 0.491 e. The summed E-state index contributed by atoms with van der Waals surface area (Å²) < 4.78 is 15.9. The molecule has 0 atom stereocenters. The molecule has 0 spiro atoms. The van der Waals surface area contributed by atoms with Crippen molar-refractivity contribution < 1.29 is 19.0 Å². The van der Waals surface area contributed by atoms with E-state index in [2.05, 4.69) is 5.32 Å². The molecule has 0 bridgehead atoms. The van der Waals surface area contributed by atoms with Gasteiger partial charge in [0.25, 0.3) is 0 Å². The van der Waals surface area contributed by atoms with Crippen LogP contribution in [0, 0.1) is 0 Å². The summed E-state index contributed by atoms with van der Waals surface area (Å²) in [7, 11) is 1.54. The molecule has 1 amide bonds. The number of benzene rings is 1. The number of ether oxygens (including phenoxy) is 3. The summed E-state index contributed by atoms with van der Waals surface area (Å²) in [4.78, 5) is 11.7. The summed E-state index contributed by atoms with van der Waals surface area (Å²) in [6.45, 7) is 6.24. The summed E-state index contributed by atoms with van der Waals surface area (Å²) in [5.41, 5.74) is 0.767. The first-order valence-corrected chi connectivity index (χ1v) is 8.04. The number of methoxy groups -OCH3 is 1. The Labute approximate surface area is 142 Å². The molecule has 1 rings (SSSR count). The van der Waals surface area contributed by atoms with Gasteiger partial charge >= 0.3 is 0 Å². The van der Waals surface area contributed by atoms with Crippen LogP contribution in [0.1, 0.15) is 25.8 Å². The van der Waals surface area contributed by atoms with Crippen LogP contribution in [0.4, 0.5) is 0 Å². The van der Waals surface area contributed by atoms with Crippen LogP contribution < -0.4 is 14.8 Å². The highest BCUT2D eigenvalue weighted by atomic mass is 35.5. The molecule has 0 aliphatic rings. The van der Waals surface area contributed by atoms with Crippen molar-refractivity contribution in [2.24, 2.45) is 0 Å². The number of carbonyl (C=O) groups excluding carboxylic acids is 1. The van der Waals surface area contributed by atoms with Gasteiger partial charge in [-0.25, -0.2) is 0 Å². The maximum atomic E-state index is 11.7. The van der Waals surface area contributed by atoms with E-state index < -0.39 is 0 Å². The zero-order valence-corrected chi connectivity index (χ0v) is 14.6. The Morgan fingerprint density at radius 2 is 2.09 bits per heavy atom. The molecule has 0 aliphatic carbocycles. The molecule has 0 saturated carbocycles. The first kappa shape index (κ1) is 19.3. The Balaban J connectivity index is 2.63. The van der Waals surface area contributed by atoms with Crippen molar-refractivity contribution in [3.63, 3.8) is 0 Å². The number of carbonyl (C=O) groups is 1. The lowest BCUT2D eigenvalue weighted by Gasteiger charge is -2.11. The smallest absolute Gasteiger partial charge is 0.244 e. The second-order valence-electron chi connectivity index (χ2n) is 4.64. The summed E-state index contributed by atoms with van der Waals surface area (Å²) in [5.74, 6) is 0.886. The van der Waals surface area contributed by atoms with Gasteiger partial charge in [0.15, 0.2) is 11.5 Å². The minimum absolute atomic E-state index is 0.161. The second-order valence-corrected chi connectivity index (χ2v) is 5.05. The molecular weight excluding hydrogens is 318 g/mol. The summed E-state index contributed by atoms with van der Waals surface area (Å²) >= 11 is 6.16. The zero-order chi connectivity index (χ0) is 17.1. The van der Waals surface area contributed by atoms with E-state index in [1.807, 2.05) is 13.8 Å². The van der Waals surface area contributed by atoms with Gasteiger partial charge in [-0.3, -0.25) is 4.79 Å². The Morgan fingerprint density at radius 1 is 1.30 bits per heavy atom. The third-order valence-electron chi connectivity index (χ3n) is 2.93. The normalized spacial score (nSPS) is 10.8. The molecule has 0 aromatic heterocycles. The van der Waals surface area contributed by atoms with Crippen LogP contribution in [-0.4, -0.2) is 39.4 Å². The average Bonchev–Trinajstić information content (AvgIpc) is 2.53. The van der Waals surface area contributed by atoms with Gasteiger partial charge in [0.2, 0.25) is 5.91 Å². The van der Waals surface area contributed by atoms with E-state index in [4.69, 9.17) is 25.8 Å². The van der Waals surface area contributed by atoms with Crippen molar-refractivity contribution in [1.82, 2.24) is 5.32 Å². The SMILES string of the molecule is CCOCCCNC(=O)/C=C/c1cc(Cl)c(OC)c(OCC)c1. The number of hydrogen-bond donors (Lipinski definition) is 1. The molecule has 128 valence electrons. The first-order chi connectivity index (χ1) is 11.1. The number of nitrogens with one attached hydrogen (secondary N) is 1. The van der Waals surface area contributed by atoms with Crippen molar-refractivity contribution in [1.29, 1.82) is 0 Å². The molecule has 0 aliphatic heterocycles. The Hall–Kier alpha value is -1.72. The Kier molecular flexibility index (Phi) is 9.17. The maximum Gasteiger partial charge on any atom is 0.244 e. The third-order valence-corrected chi connectivity index (χ3v) is 3.21. The van der Waals surface area contributed by atoms with Gasteiger partial charge in [-0.05, 0) is 44.0 Å². The monoisotopic (exact) mass is 341 g/mol. The molecule has 5 nitrogen and oxygen atoms in total. The summed E-state index contributed by atoms with van der Waals surface area (Å²) in [6.07, 6.45) is 3.94. The highest BCUT2D eigenvalue weighted by Gasteiger charge is 2.10. The van der Waals surface area contributed by atoms with Crippen LogP contribution in [0.2, 0.25) is 5.02 Å². The molecule has 1 aromatic rings. The first-order valence-electron chi connectivity index (χ1n) is 7.66. The molecular formula is C17H24ClNO4. The molecule has 0 heterocycles. The van der Waals surface area contributed by atoms with Gasteiger partial charge in [-0.15, -0.1) is 0 Å². The molecule has 1 N–H and O–H groups in total. The van der Waals surface area contributed by atoms with Gasteiger partial charge in [0.05, 0.1) is 18.7 Å². The van der Waals surface area contributed by atoms with Crippen LogP contribution in [0.25, 0.3) is 6.08 Å². The molecule has 0 saturated heterocycles. The predicted octanol–water partition coefficient (Wildman–Crippen LogP) is 3.30. The minimum atomic E-state index is -0.161. The number of hydrogen-bond acceptors (Lipinski definition) is 4. The van der Waals surface area contributed by atoms with Gasteiger partial charge in [-0.2, -0.15) is 0 Å². The van der Waals surface area contributed by atoms with E-state index in [9.17, 15) is 4.79 Å². The third kappa shape index (κ3) is 6.93. The van der Waals surface area contributed by atoms with Crippen molar-refractivity contribution in [2.75, 3.05) is 33.5 Å². The zero-order valence-electron chi connectivity index (χ0n) is 13.9. The highest BCUT2D eigenvalue weighted by molar-refractivity contribution is 6.32. The van der Waals surface area contributed by atoms with E-state index in [1.165, 1.54) is 13.2 Å². The van der Waals surface area contributed by atoms with Crippen LogP contribution >= 0.6 is 11.6 Å². The van der Waals surface area contributed by atoms with Gasteiger partial charge in [-0.1, -0.05) is 11.6 Å². The lowest BCUT2D eigenvalue weighted by Crippen LogP contribution is -2.23. The van der Waals surface area contributed by atoms with E-state index in [-0.39, 0.29) is 5.91 Å². The lowest BCUT2D eigenvalue weighted by molar-refractivity contribution is -0.116. The fraction of sp³-hybridized carbons (Fsp3) is 0.471. The van der Waals surface area contributed by atoms with Gasteiger partial charge < -0.3 is 19.5 Å². The highest BCUT2D eigenvalue weighted by Crippen LogP contribution is 2.36. The quantitative estimate of drug-likeness (QED) is 0.524. The number of amides is 1. The minimum Gasteiger partial charge on any atom is -0.491 e. The van der Waals surface area contributed by atoms with Crippen molar-refractivity contribution in [3.05, 3.63) is 28.8 Å². The fourth-order valence-electron chi connectivity index (χ4n) is 1.91. The topological polar surface area (TPSA) is 56.8 Å². The van der Waals surface area contributed by atoms with Gasteiger partial charge in [0.1, 0.15) is 0 Å². The van der Waals surface area contributed by atoms with Crippen LogP contribution in [0.15, 0.2) is 18.2 Å². The Morgan fingerprint density at radius 3 is 2.74 bits per heavy atom. The van der Waals surface area contributed by atoms with Crippen molar-refractivity contribution >= 4 is 23.6 Å². The standard InChI is InChI=1S/C17H24ClNO4/c1-4-22-10-6-9-19-16(20)8-7-13-11-14(18)17(21-3)15(12-13)23-5-2/h7-8,11-12H,4-6,9-10H2,1-3H3,(H,19,20)/b8-7+. The number of halogens is 1. The molecule has 1 aromatic carbocycles. The molecule has 0 radical (unpaired) electrons. The van der Waals surface area contributed by atoms with Crippen molar-refractivity contribution in [2.45, 2.75) is 20.3 Å². The molecule has 23 heavy (non-hydrogen) atoms. The van der Waals surface area contributed by atoms with Crippen LogP contribution in [0.3, 0.4) is 0 Å². The second kappa shape index (κ2) is 10.9. The summed E-state index contributed by atoms with van der Waals surface area (Å²) in [5, 5.41) is 3.23. The predicted molar refractivity (Wildman–Crippen MR) is 92.3 cm³/mol. The molecule has 0 fully saturated rings. The fourth-order valence-corrected chi connectivity index (χ4v) is 2.20. The van der Waals surface area contributed by atoms with Gasteiger partial charge in [0, 0.05) is 25.8 Å². The van der Waals surface area contributed by atoms with Crippen molar-refractivity contribution in [3.8, 4) is 11.5 Å². The Bertz CT molecular complexity index is 532. The molecule has 6 heteroatoms. The average molecular weight is 342 g/mol. The van der Waals surface area contributed by atoms with E-state index in [1.54, 1.807) is 18.2 Å². The molecule has 0 unspecified atom stereocenters. The lowest BCUT2D eigenvalue weighted by atomic mass is 10.2. The number of rotatable bonds is 10. The van der Waals surface area contributed by atoms with E-state index in [0.717, 1.165) is 12.0 Å². The summed E-state index contributed by atoms with van der Waals surface area (Å²) in [6, 6.07) is 3.51. The maximum absolute atomic E-state index is 11.7. The van der Waals surface area contributed by atoms with Crippen LogP contribution in [-0.2, 0) is 9.53 Å². The van der Waals surface area contributed by atoms with Crippen LogP contribution in [0.5, 0.6) is 11.5 Å². The van der Waals surface area contributed by atoms with E-state index in [0.29, 0.717) is 42.9 Å². The van der Waals surface area contributed by atoms with E-state index >= 15 is 0 Å².